The Balaban J connectivity index is 1.42. The first kappa shape index (κ1) is 18.4. The average molecular weight is 344 g/mol. The zero-order chi connectivity index (χ0) is 17.9. The lowest BCUT2D eigenvalue weighted by molar-refractivity contribution is -0.161. The maximum atomic E-state index is 12.7. The summed E-state index contributed by atoms with van der Waals surface area (Å²) in [5, 5.41) is 0. The fourth-order valence-electron chi connectivity index (χ4n) is 4.27. The van der Waals surface area contributed by atoms with Crippen molar-refractivity contribution in [2.24, 2.45) is 11.3 Å². The second kappa shape index (κ2) is 7.88. The highest BCUT2D eigenvalue weighted by Crippen LogP contribution is 2.35. The normalized spacial score (nSPS) is 25.4. The van der Waals surface area contributed by atoms with Gasteiger partial charge in [-0.1, -0.05) is 30.3 Å². The van der Waals surface area contributed by atoms with Crippen LogP contribution in [0.5, 0.6) is 0 Å². The maximum Gasteiger partial charge on any atom is 0.231 e. The topological polar surface area (TPSA) is 26.8 Å². The summed E-state index contributed by atoms with van der Waals surface area (Å²) in [6.07, 6.45) is 3.87. The third-order valence-electron chi connectivity index (χ3n) is 5.82. The predicted octanol–water partition coefficient (Wildman–Crippen LogP) is 2.70. The molecule has 1 atom stereocenters. The van der Waals surface area contributed by atoms with E-state index in [0.29, 0.717) is 5.91 Å². The molecule has 0 bridgehead atoms. The standard InChI is InChI=1S/C21H33N3O/c1-21(16-23-13-10-18(11-14-23)9-12-22(2)3)17-24(20(21)25)15-19-7-5-4-6-8-19/h4-8,18H,9-17H2,1-3H3. The zero-order valence-corrected chi connectivity index (χ0v) is 16.1. The van der Waals surface area contributed by atoms with E-state index in [1.807, 2.05) is 23.1 Å². The molecule has 0 saturated carbocycles. The van der Waals surface area contributed by atoms with E-state index in [9.17, 15) is 4.79 Å². The summed E-state index contributed by atoms with van der Waals surface area (Å²) in [6, 6.07) is 10.3. The van der Waals surface area contributed by atoms with Crippen LogP contribution in [0.1, 0.15) is 31.7 Å². The Morgan fingerprint density at radius 3 is 2.44 bits per heavy atom. The molecule has 0 spiro atoms. The minimum Gasteiger partial charge on any atom is -0.337 e. The Kier molecular flexibility index (Phi) is 5.80. The number of β-lactam (4-membered cyclic amide) rings is 1. The lowest BCUT2D eigenvalue weighted by atomic mass is 9.79. The Labute approximate surface area is 152 Å². The van der Waals surface area contributed by atoms with Crippen LogP contribution in [0.4, 0.5) is 0 Å². The van der Waals surface area contributed by atoms with Gasteiger partial charge in [0.15, 0.2) is 0 Å². The summed E-state index contributed by atoms with van der Waals surface area (Å²) in [5.74, 6) is 1.18. The Hall–Kier alpha value is -1.39. The van der Waals surface area contributed by atoms with Crippen LogP contribution >= 0.6 is 0 Å². The smallest absolute Gasteiger partial charge is 0.231 e. The number of carbonyl (C=O) groups is 1. The molecule has 2 heterocycles. The van der Waals surface area contributed by atoms with Crippen molar-refractivity contribution < 1.29 is 4.79 Å². The van der Waals surface area contributed by atoms with E-state index in [4.69, 9.17) is 0 Å². The Bertz CT molecular complexity index is 566. The van der Waals surface area contributed by atoms with Crippen LogP contribution in [0.2, 0.25) is 0 Å². The molecular formula is C21H33N3O. The molecule has 1 aromatic rings. The molecule has 2 aliphatic heterocycles. The van der Waals surface area contributed by atoms with Crippen molar-refractivity contribution in [3.8, 4) is 0 Å². The second-order valence-electron chi connectivity index (χ2n) is 8.52. The Morgan fingerprint density at radius 2 is 1.84 bits per heavy atom. The van der Waals surface area contributed by atoms with Crippen molar-refractivity contribution in [3.05, 3.63) is 35.9 Å². The second-order valence-corrected chi connectivity index (χ2v) is 8.52. The van der Waals surface area contributed by atoms with E-state index in [-0.39, 0.29) is 5.41 Å². The molecule has 3 rings (SSSR count). The number of rotatable bonds is 7. The maximum absolute atomic E-state index is 12.7. The summed E-state index contributed by atoms with van der Waals surface area (Å²) in [4.78, 5) is 19.5. The van der Waals surface area contributed by atoms with Gasteiger partial charge < -0.3 is 14.7 Å². The van der Waals surface area contributed by atoms with Crippen LogP contribution in [-0.2, 0) is 11.3 Å². The van der Waals surface area contributed by atoms with Gasteiger partial charge in [0.25, 0.3) is 0 Å². The van der Waals surface area contributed by atoms with E-state index < -0.39 is 0 Å². The zero-order valence-electron chi connectivity index (χ0n) is 16.1. The largest absolute Gasteiger partial charge is 0.337 e. The number of benzene rings is 1. The fraction of sp³-hybridized carbons (Fsp3) is 0.667. The van der Waals surface area contributed by atoms with Crippen molar-refractivity contribution in [3.63, 3.8) is 0 Å². The van der Waals surface area contributed by atoms with Crippen molar-refractivity contribution in [1.29, 1.82) is 0 Å². The molecule has 0 radical (unpaired) electrons. The van der Waals surface area contributed by atoms with Crippen LogP contribution in [0, 0.1) is 11.3 Å². The molecule has 2 saturated heterocycles. The van der Waals surface area contributed by atoms with E-state index in [0.717, 1.165) is 38.6 Å². The van der Waals surface area contributed by atoms with Crippen molar-refractivity contribution in [1.82, 2.24) is 14.7 Å². The highest BCUT2D eigenvalue weighted by molar-refractivity contribution is 5.88. The molecule has 1 unspecified atom stereocenters. The van der Waals surface area contributed by atoms with Gasteiger partial charge >= 0.3 is 0 Å². The van der Waals surface area contributed by atoms with Crippen LogP contribution < -0.4 is 0 Å². The van der Waals surface area contributed by atoms with Crippen LogP contribution in [0.15, 0.2) is 30.3 Å². The Morgan fingerprint density at radius 1 is 1.16 bits per heavy atom. The van der Waals surface area contributed by atoms with Crippen LogP contribution in [0.3, 0.4) is 0 Å². The quantitative estimate of drug-likeness (QED) is 0.712. The third kappa shape index (κ3) is 4.62. The van der Waals surface area contributed by atoms with Gasteiger partial charge in [0.2, 0.25) is 5.91 Å². The summed E-state index contributed by atoms with van der Waals surface area (Å²) in [6.45, 7) is 8.21. The van der Waals surface area contributed by atoms with Gasteiger partial charge in [-0.3, -0.25) is 4.79 Å². The highest BCUT2D eigenvalue weighted by Gasteiger charge is 2.48. The van der Waals surface area contributed by atoms with E-state index in [1.54, 1.807) is 0 Å². The van der Waals surface area contributed by atoms with Crippen LogP contribution in [0.25, 0.3) is 0 Å². The first-order chi connectivity index (χ1) is 12.0. The number of nitrogens with zero attached hydrogens (tertiary/aromatic N) is 3. The first-order valence-corrected chi connectivity index (χ1v) is 9.67. The van der Waals surface area contributed by atoms with Gasteiger partial charge in [0.05, 0.1) is 5.41 Å². The van der Waals surface area contributed by atoms with Gasteiger partial charge in [-0.25, -0.2) is 0 Å². The summed E-state index contributed by atoms with van der Waals surface area (Å²) < 4.78 is 0. The number of piperidine rings is 1. The molecule has 2 aliphatic rings. The lowest BCUT2D eigenvalue weighted by Crippen LogP contribution is -2.63. The number of hydrogen-bond donors (Lipinski definition) is 0. The summed E-state index contributed by atoms with van der Waals surface area (Å²) >= 11 is 0. The minimum atomic E-state index is -0.175. The number of amides is 1. The SMILES string of the molecule is CN(C)CCC1CCN(CC2(C)CN(Cc3ccccc3)C2=O)CC1. The van der Waals surface area contributed by atoms with Crippen molar-refractivity contribution >= 4 is 5.91 Å². The van der Waals surface area contributed by atoms with E-state index >= 15 is 0 Å². The summed E-state index contributed by atoms with van der Waals surface area (Å²) in [5.41, 5.74) is 1.05. The van der Waals surface area contributed by atoms with Crippen molar-refractivity contribution in [2.45, 2.75) is 32.7 Å². The average Bonchev–Trinajstić information content (AvgIpc) is 2.61. The molecule has 0 N–H and O–H groups in total. The van der Waals surface area contributed by atoms with Gasteiger partial charge in [0, 0.05) is 19.6 Å². The molecule has 1 amide bonds. The molecule has 0 aromatic heterocycles. The third-order valence-corrected chi connectivity index (χ3v) is 5.82. The molecule has 0 aliphatic carbocycles. The number of hydrogen-bond acceptors (Lipinski definition) is 3. The predicted molar refractivity (Wildman–Crippen MR) is 102 cm³/mol. The molecule has 25 heavy (non-hydrogen) atoms. The first-order valence-electron chi connectivity index (χ1n) is 9.67. The lowest BCUT2D eigenvalue weighted by Gasteiger charge is -2.49. The van der Waals surface area contributed by atoms with Gasteiger partial charge in [-0.2, -0.15) is 0 Å². The van der Waals surface area contributed by atoms with Crippen molar-refractivity contribution in [2.75, 3.05) is 46.8 Å². The van der Waals surface area contributed by atoms with Crippen LogP contribution in [-0.4, -0.2) is 67.4 Å². The van der Waals surface area contributed by atoms with Gasteiger partial charge in [0.1, 0.15) is 0 Å². The van der Waals surface area contributed by atoms with Gasteiger partial charge in [-0.15, -0.1) is 0 Å². The highest BCUT2D eigenvalue weighted by atomic mass is 16.2. The molecular weight excluding hydrogens is 310 g/mol. The molecule has 2 fully saturated rings. The fourth-order valence-corrected chi connectivity index (χ4v) is 4.27. The minimum absolute atomic E-state index is 0.175. The molecule has 4 nitrogen and oxygen atoms in total. The number of likely N-dealkylation sites (tertiary alicyclic amines) is 2. The van der Waals surface area contributed by atoms with E-state index in [2.05, 4.69) is 43.0 Å². The molecule has 4 heteroatoms. The molecule has 138 valence electrons. The van der Waals surface area contributed by atoms with Gasteiger partial charge in [-0.05, 0) is 71.4 Å². The monoisotopic (exact) mass is 343 g/mol. The van der Waals surface area contributed by atoms with E-state index in [1.165, 1.54) is 31.4 Å². The number of carbonyl (C=O) groups excluding carboxylic acids is 1. The summed E-state index contributed by atoms with van der Waals surface area (Å²) in [7, 11) is 4.30. The molecule has 1 aromatic carbocycles.